The lowest BCUT2D eigenvalue weighted by molar-refractivity contribution is -0.115. The number of carbonyl (C=O) groups is 2. The smallest absolute Gasteiger partial charge is 0.338 e. The van der Waals surface area contributed by atoms with E-state index in [4.69, 9.17) is 9.47 Å². The molecule has 1 heterocycles. The monoisotopic (exact) mass is 396 g/mol. The summed E-state index contributed by atoms with van der Waals surface area (Å²) in [6, 6.07) is 16.1. The van der Waals surface area contributed by atoms with Crippen LogP contribution in [0.25, 0.3) is 0 Å². The minimum Gasteiger partial charge on any atom is -0.487 e. The fraction of sp³-hybridized carbons (Fsp3) is 0.190. The summed E-state index contributed by atoms with van der Waals surface area (Å²) in [5.41, 5.74) is 1.97. The van der Waals surface area contributed by atoms with Gasteiger partial charge in [0.2, 0.25) is 5.91 Å². The molecule has 0 N–H and O–H groups in total. The molecule has 6 nitrogen and oxygen atoms in total. The number of nitrogens with zero attached hydrogens (tertiary/aromatic N) is 2. The molecular formula is C21H20N2O4S. The Morgan fingerprint density at radius 3 is 2.43 bits per heavy atom. The molecule has 0 bridgehead atoms. The van der Waals surface area contributed by atoms with Gasteiger partial charge in [-0.1, -0.05) is 18.2 Å². The van der Waals surface area contributed by atoms with Crippen LogP contribution in [0.15, 0.2) is 60.0 Å². The molecule has 3 aromatic rings. The van der Waals surface area contributed by atoms with Crippen molar-refractivity contribution < 1.29 is 19.1 Å². The van der Waals surface area contributed by atoms with Crippen molar-refractivity contribution in [3.8, 4) is 5.75 Å². The quantitative estimate of drug-likeness (QED) is 0.547. The van der Waals surface area contributed by atoms with Gasteiger partial charge in [-0.3, -0.25) is 9.69 Å². The number of thiazole rings is 1. The van der Waals surface area contributed by atoms with Crippen molar-refractivity contribution in [2.24, 2.45) is 0 Å². The number of esters is 1. The van der Waals surface area contributed by atoms with Gasteiger partial charge in [0.25, 0.3) is 0 Å². The van der Waals surface area contributed by atoms with Crippen molar-refractivity contribution in [2.45, 2.75) is 20.5 Å². The van der Waals surface area contributed by atoms with Crippen molar-refractivity contribution in [1.29, 1.82) is 0 Å². The number of hydrogen-bond acceptors (Lipinski definition) is 6. The maximum Gasteiger partial charge on any atom is 0.338 e. The molecule has 0 atom stereocenters. The van der Waals surface area contributed by atoms with Gasteiger partial charge in [-0.05, 0) is 43.3 Å². The zero-order valence-electron chi connectivity index (χ0n) is 15.6. The van der Waals surface area contributed by atoms with Gasteiger partial charge in [0.1, 0.15) is 12.4 Å². The van der Waals surface area contributed by atoms with Crippen LogP contribution in [0.3, 0.4) is 0 Å². The summed E-state index contributed by atoms with van der Waals surface area (Å²) in [5.74, 6) is 0.153. The summed E-state index contributed by atoms with van der Waals surface area (Å²) in [7, 11) is 0. The summed E-state index contributed by atoms with van der Waals surface area (Å²) in [5, 5.41) is 2.45. The Bertz CT molecular complexity index is 939. The highest BCUT2D eigenvalue weighted by molar-refractivity contribution is 7.14. The average molecular weight is 396 g/mol. The molecular weight excluding hydrogens is 376 g/mol. The van der Waals surface area contributed by atoms with Crippen LogP contribution in [-0.4, -0.2) is 23.5 Å². The molecule has 0 saturated heterocycles. The molecule has 1 aromatic heterocycles. The van der Waals surface area contributed by atoms with Crippen LogP contribution in [0.4, 0.5) is 10.8 Å². The molecule has 3 rings (SSSR count). The van der Waals surface area contributed by atoms with Crippen LogP contribution in [0.2, 0.25) is 0 Å². The zero-order chi connectivity index (χ0) is 19.9. The van der Waals surface area contributed by atoms with E-state index in [0.717, 1.165) is 11.4 Å². The normalized spacial score (nSPS) is 10.4. The second kappa shape index (κ2) is 9.14. The zero-order valence-corrected chi connectivity index (χ0v) is 16.4. The Kier molecular flexibility index (Phi) is 6.39. The topological polar surface area (TPSA) is 68.7 Å². The van der Waals surface area contributed by atoms with E-state index >= 15 is 0 Å². The number of para-hydroxylation sites is 1. The molecule has 7 heteroatoms. The van der Waals surface area contributed by atoms with Gasteiger partial charge in [0, 0.05) is 12.3 Å². The number of carbonyl (C=O) groups excluding carboxylic acids is 2. The number of benzene rings is 2. The van der Waals surface area contributed by atoms with Crippen molar-refractivity contribution in [1.82, 2.24) is 4.98 Å². The van der Waals surface area contributed by atoms with Crippen molar-refractivity contribution in [2.75, 3.05) is 11.5 Å². The first-order chi connectivity index (χ1) is 13.6. The van der Waals surface area contributed by atoms with Gasteiger partial charge in [-0.25, -0.2) is 9.78 Å². The first-order valence-electron chi connectivity index (χ1n) is 8.78. The number of rotatable bonds is 7. The Labute approximate surface area is 167 Å². The first kappa shape index (κ1) is 19.6. The third-order valence-corrected chi connectivity index (χ3v) is 4.69. The Morgan fingerprint density at radius 2 is 1.79 bits per heavy atom. The molecule has 1 amide bonds. The largest absolute Gasteiger partial charge is 0.487 e. The number of hydrogen-bond donors (Lipinski definition) is 0. The second-order valence-corrected chi connectivity index (χ2v) is 6.68. The Hall–Kier alpha value is -3.19. The predicted molar refractivity (Wildman–Crippen MR) is 108 cm³/mol. The van der Waals surface area contributed by atoms with Crippen LogP contribution in [0.1, 0.15) is 29.9 Å². The number of anilines is 2. The summed E-state index contributed by atoms with van der Waals surface area (Å²) < 4.78 is 10.7. The molecule has 0 radical (unpaired) electrons. The van der Waals surface area contributed by atoms with Crippen molar-refractivity contribution in [3.05, 3.63) is 71.2 Å². The first-order valence-corrected chi connectivity index (χ1v) is 9.66. The van der Waals surface area contributed by atoms with E-state index in [-0.39, 0.29) is 18.5 Å². The van der Waals surface area contributed by atoms with Gasteiger partial charge >= 0.3 is 5.97 Å². The van der Waals surface area contributed by atoms with Crippen molar-refractivity contribution in [3.63, 3.8) is 0 Å². The van der Waals surface area contributed by atoms with E-state index in [1.807, 2.05) is 35.7 Å². The van der Waals surface area contributed by atoms with Gasteiger partial charge in [0.15, 0.2) is 5.13 Å². The lowest BCUT2D eigenvalue weighted by Crippen LogP contribution is -2.22. The van der Waals surface area contributed by atoms with E-state index in [1.165, 1.54) is 18.3 Å². The highest BCUT2D eigenvalue weighted by Gasteiger charge is 2.17. The highest BCUT2D eigenvalue weighted by atomic mass is 32.1. The van der Waals surface area contributed by atoms with E-state index in [0.29, 0.717) is 23.1 Å². The minimum atomic E-state index is -0.358. The summed E-state index contributed by atoms with van der Waals surface area (Å²) in [6.07, 6.45) is 0. The lowest BCUT2D eigenvalue weighted by Gasteiger charge is -2.17. The van der Waals surface area contributed by atoms with Gasteiger partial charge in [-0.2, -0.15) is 0 Å². The molecule has 0 fully saturated rings. The molecule has 144 valence electrons. The summed E-state index contributed by atoms with van der Waals surface area (Å²) in [4.78, 5) is 29.9. The van der Waals surface area contributed by atoms with Crippen LogP contribution in [0.5, 0.6) is 5.75 Å². The number of ether oxygens (including phenoxy) is 2. The summed E-state index contributed by atoms with van der Waals surface area (Å²) >= 11 is 1.38. The van der Waals surface area contributed by atoms with Crippen LogP contribution in [0, 0.1) is 0 Å². The molecule has 0 aliphatic carbocycles. The Morgan fingerprint density at radius 1 is 1.07 bits per heavy atom. The fourth-order valence-corrected chi connectivity index (χ4v) is 3.40. The fourth-order valence-electron chi connectivity index (χ4n) is 2.53. The third kappa shape index (κ3) is 4.75. The lowest BCUT2D eigenvalue weighted by atomic mass is 10.2. The predicted octanol–water partition coefficient (Wildman–Crippen LogP) is 4.58. The average Bonchev–Trinajstić information content (AvgIpc) is 3.16. The van der Waals surface area contributed by atoms with Crippen LogP contribution in [-0.2, 0) is 16.1 Å². The van der Waals surface area contributed by atoms with Gasteiger partial charge in [0.05, 0.1) is 23.6 Å². The standard InChI is InChI=1S/C21H20N2O4S/c1-3-26-20(25)16-9-11-19(12-10-16)27-13-17-14-28-21(22-17)23(15(2)24)18-7-5-4-6-8-18/h4-12,14H,3,13H2,1-2H3. The molecule has 0 saturated carbocycles. The van der Waals surface area contributed by atoms with Crippen molar-refractivity contribution >= 4 is 34.0 Å². The third-order valence-electron chi connectivity index (χ3n) is 3.81. The highest BCUT2D eigenvalue weighted by Crippen LogP contribution is 2.29. The minimum absolute atomic E-state index is 0.109. The molecule has 0 unspecified atom stereocenters. The molecule has 28 heavy (non-hydrogen) atoms. The number of aromatic nitrogens is 1. The van der Waals surface area contributed by atoms with E-state index < -0.39 is 0 Å². The molecule has 2 aromatic carbocycles. The van der Waals surface area contributed by atoms with E-state index in [1.54, 1.807) is 36.1 Å². The maximum atomic E-state index is 12.1. The second-order valence-electron chi connectivity index (χ2n) is 5.84. The molecule has 0 spiro atoms. The maximum absolute atomic E-state index is 12.1. The van der Waals surface area contributed by atoms with Gasteiger partial charge in [-0.15, -0.1) is 11.3 Å². The SMILES string of the molecule is CCOC(=O)c1ccc(OCc2csc(N(C(C)=O)c3ccccc3)n2)cc1. The summed E-state index contributed by atoms with van der Waals surface area (Å²) in [6.45, 7) is 3.87. The molecule has 0 aliphatic rings. The van der Waals surface area contributed by atoms with Crippen LogP contribution < -0.4 is 9.64 Å². The van der Waals surface area contributed by atoms with Crippen LogP contribution >= 0.6 is 11.3 Å². The Balaban J connectivity index is 1.66. The van der Waals surface area contributed by atoms with E-state index in [9.17, 15) is 9.59 Å². The number of amides is 1. The van der Waals surface area contributed by atoms with Gasteiger partial charge < -0.3 is 9.47 Å². The molecule has 0 aliphatic heterocycles. The van der Waals surface area contributed by atoms with E-state index in [2.05, 4.69) is 4.98 Å².